The molecule has 0 heterocycles. The van der Waals surface area contributed by atoms with Gasteiger partial charge in [0.15, 0.2) is 0 Å². The summed E-state index contributed by atoms with van der Waals surface area (Å²) in [6.45, 7) is 5.04. The number of anilines is 1. The molecule has 0 atom stereocenters. The summed E-state index contributed by atoms with van der Waals surface area (Å²) in [6.07, 6.45) is 1.91. The molecule has 5 nitrogen and oxygen atoms in total. The van der Waals surface area contributed by atoms with E-state index in [2.05, 4.69) is 5.32 Å². The molecule has 180 valence electrons. The van der Waals surface area contributed by atoms with Gasteiger partial charge in [-0.15, -0.1) is 11.8 Å². The Morgan fingerprint density at radius 3 is 2.24 bits per heavy atom. The maximum absolute atomic E-state index is 13.8. The molecule has 34 heavy (non-hydrogen) atoms. The highest BCUT2D eigenvalue weighted by Crippen LogP contribution is 2.29. The summed E-state index contributed by atoms with van der Waals surface area (Å²) < 4.78 is 28.8. The highest BCUT2D eigenvalue weighted by molar-refractivity contribution is 7.98. The third-order valence-corrected chi connectivity index (χ3v) is 8.88. The standard InChI is InChI=1S/C25H26Cl2N2O3S2/c1-16-11-17(2)25(18(3)12-16)34(31,32)29(14-19-9-10-20(26)21(27)13-19)15-24(30)28-22-7-5-6-8-23(22)33-4/h5-13H,14-15H2,1-4H3,(H,28,30). The Kier molecular flexibility index (Phi) is 8.71. The molecule has 1 N–H and O–H groups in total. The van der Waals surface area contributed by atoms with Crippen molar-refractivity contribution >= 4 is 56.6 Å². The van der Waals surface area contributed by atoms with Gasteiger partial charge >= 0.3 is 0 Å². The van der Waals surface area contributed by atoms with E-state index in [-0.39, 0.29) is 18.0 Å². The molecule has 1 amide bonds. The first-order valence-electron chi connectivity index (χ1n) is 10.5. The molecule has 0 aliphatic carbocycles. The number of sulfonamides is 1. The molecule has 3 rings (SSSR count). The Hall–Kier alpha value is -2.03. The van der Waals surface area contributed by atoms with Crippen molar-refractivity contribution in [2.45, 2.75) is 37.1 Å². The molecule has 0 saturated heterocycles. The lowest BCUT2D eigenvalue weighted by Gasteiger charge is -2.24. The minimum absolute atomic E-state index is 0.0381. The zero-order valence-corrected chi connectivity index (χ0v) is 22.5. The van der Waals surface area contributed by atoms with Gasteiger partial charge in [-0.05, 0) is 68.0 Å². The summed E-state index contributed by atoms with van der Waals surface area (Å²) in [5.74, 6) is -0.437. The number of thioether (sulfide) groups is 1. The van der Waals surface area contributed by atoms with Crippen LogP contribution in [0, 0.1) is 20.8 Å². The Morgan fingerprint density at radius 2 is 1.62 bits per heavy atom. The first-order chi connectivity index (χ1) is 16.0. The van der Waals surface area contributed by atoms with E-state index in [0.717, 1.165) is 10.5 Å². The van der Waals surface area contributed by atoms with Gasteiger partial charge in [0.05, 0.1) is 27.2 Å². The number of rotatable bonds is 8. The van der Waals surface area contributed by atoms with Crippen LogP contribution in [0.2, 0.25) is 10.0 Å². The molecule has 0 fully saturated rings. The average molecular weight is 538 g/mol. The third-order valence-electron chi connectivity index (χ3n) is 5.25. The Labute approximate surface area is 215 Å². The number of carbonyl (C=O) groups excluding carboxylic acids is 1. The lowest BCUT2D eigenvalue weighted by atomic mass is 10.1. The monoisotopic (exact) mass is 536 g/mol. The van der Waals surface area contributed by atoms with Crippen molar-refractivity contribution < 1.29 is 13.2 Å². The molecule has 0 aromatic heterocycles. The Morgan fingerprint density at radius 1 is 0.971 bits per heavy atom. The number of hydrogen-bond acceptors (Lipinski definition) is 4. The summed E-state index contributed by atoms with van der Waals surface area (Å²) in [5, 5.41) is 3.54. The number of para-hydroxylation sites is 1. The second-order valence-corrected chi connectivity index (χ2v) is 11.5. The van der Waals surface area contributed by atoms with Crippen molar-refractivity contribution in [2.24, 2.45) is 0 Å². The number of nitrogens with one attached hydrogen (secondary N) is 1. The zero-order valence-electron chi connectivity index (χ0n) is 19.4. The minimum Gasteiger partial charge on any atom is -0.324 e. The van der Waals surface area contributed by atoms with Crippen molar-refractivity contribution in [3.63, 3.8) is 0 Å². The molecule has 0 radical (unpaired) electrons. The fraction of sp³-hybridized carbons (Fsp3) is 0.240. The first kappa shape index (κ1) is 26.6. The van der Waals surface area contributed by atoms with Crippen molar-refractivity contribution in [1.82, 2.24) is 4.31 Å². The van der Waals surface area contributed by atoms with Crippen molar-refractivity contribution in [1.29, 1.82) is 0 Å². The number of benzene rings is 3. The maximum atomic E-state index is 13.8. The number of hydrogen-bond donors (Lipinski definition) is 1. The summed E-state index contributed by atoms with van der Waals surface area (Å²) in [7, 11) is -4.01. The molecular weight excluding hydrogens is 511 g/mol. The van der Waals surface area contributed by atoms with E-state index in [1.807, 2.05) is 43.5 Å². The van der Waals surface area contributed by atoms with Gasteiger partial charge in [-0.25, -0.2) is 8.42 Å². The van der Waals surface area contributed by atoms with E-state index in [9.17, 15) is 13.2 Å². The lowest BCUT2D eigenvalue weighted by molar-refractivity contribution is -0.116. The van der Waals surface area contributed by atoms with Crippen LogP contribution in [0.5, 0.6) is 0 Å². The molecule has 0 bridgehead atoms. The van der Waals surface area contributed by atoms with Crippen LogP contribution in [-0.2, 0) is 21.4 Å². The van der Waals surface area contributed by atoms with E-state index in [0.29, 0.717) is 32.4 Å². The van der Waals surface area contributed by atoms with Crippen LogP contribution in [0.1, 0.15) is 22.3 Å². The quantitative estimate of drug-likeness (QED) is 0.335. The second kappa shape index (κ2) is 11.1. The lowest BCUT2D eigenvalue weighted by Crippen LogP contribution is -2.38. The summed E-state index contributed by atoms with van der Waals surface area (Å²) in [6, 6.07) is 16.0. The molecule has 3 aromatic rings. The summed E-state index contributed by atoms with van der Waals surface area (Å²) >= 11 is 13.7. The molecule has 0 spiro atoms. The Bertz CT molecular complexity index is 1300. The van der Waals surface area contributed by atoms with E-state index in [1.165, 1.54) is 16.1 Å². The van der Waals surface area contributed by atoms with Crippen LogP contribution >= 0.6 is 35.0 Å². The van der Waals surface area contributed by atoms with Crippen LogP contribution in [-0.4, -0.2) is 31.4 Å². The average Bonchev–Trinajstić information content (AvgIpc) is 2.75. The fourth-order valence-electron chi connectivity index (χ4n) is 3.87. The minimum atomic E-state index is -4.01. The largest absolute Gasteiger partial charge is 0.324 e. The van der Waals surface area contributed by atoms with Gasteiger partial charge in [-0.3, -0.25) is 4.79 Å². The van der Waals surface area contributed by atoms with Gasteiger partial charge in [-0.2, -0.15) is 4.31 Å². The van der Waals surface area contributed by atoms with Crippen molar-refractivity contribution in [3.05, 3.63) is 86.9 Å². The molecule has 3 aromatic carbocycles. The normalized spacial score (nSPS) is 11.6. The van der Waals surface area contributed by atoms with E-state index in [4.69, 9.17) is 23.2 Å². The molecule has 0 aliphatic rings. The summed E-state index contributed by atoms with van der Waals surface area (Å²) in [5.41, 5.74) is 3.48. The van der Waals surface area contributed by atoms with Crippen LogP contribution < -0.4 is 5.32 Å². The van der Waals surface area contributed by atoms with Crippen LogP contribution in [0.25, 0.3) is 0 Å². The van der Waals surface area contributed by atoms with E-state index < -0.39 is 15.9 Å². The van der Waals surface area contributed by atoms with Gasteiger partial charge in [0.25, 0.3) is 0 Å². The van der Waals surface area contributed by atoms with E-state index in [1.54, 1.807) is 38.1 Å². The first-order valence-corrected chi connectivity index (χ1v) is 13.9. The highest BCUT2D eigenvalue weighted by Gasteiger charge is 2.30. The molecular formula is C25H26Cl2N2O3S2. The predicted octanol–water partition coefficient (Wildman–Crippen LogP) is 6.47. The van der Waals surface area contributed by atoms with Gasteiger partial charge in [0.1, 0.15) is 0 Å². The van der Waals surface area contributed by atoms with Gasteiger partial charge in [0, 0.05) is 11.4 Å². The van der Waals surface area contributed by atoms with Gasteiger partial charge in [-0.1, -0.05) is 59.1 Å². The van der Waals surface area contributed by atoms with E-state index >= 15 is 0 Å². The molecule has 0 unspecified atom stereocenters. The SMILES string of the molecule is CSc1ccccc1NC(=O)CN(Cc1ccc(Cl)c(Cl)c1)S(=O)(=O)c1c(C)cc(C)cc1C. The van der Waals surface area contributed by atoms with Crippen molar-refractivity contribution in [2.75, 3.05) is 18.1 Å². The van der Waals surface area contributed by atoms with Crippen molar-refractivity contribution in [3.8, 4) is 0 Å². The number of halogens is 2. The molecule has 0 aliphatic heterocycles. The van der Waals surface area contributed by atoms with Crippen LogP contribution in [0.3, 0.4) is 0 Å². The number of carbonyl (C=O) groups is 1. The van der Waals surface area contributed by atoms with Crippen LogP contribution in [0.15, 0.2) is 64.4 Å². The van der Waals surface area contributed by atoms with Gasteiger partial charge in [0.2, 0.25) is 15.9 Å². The summed E-state index contributed by atoms with van der Waals surface area (Å²) in [4.78, 5) is 14.1. The third kappa shape index (κ3) is 6.15. The predicted molar refractivity (Wildman–Crippen MR) is 142 cm³/mol. The highest BCUT2D eigenvalue weighted by atomic mass is 35.5. The smallest absolute Gasteiger partial charge is 0.244 e. The maximum Gasteiger partial charge on any atom is 0.244 e. The number of nitrogens with zero attached hydrogens (tertiary/aromatic N) is 1. The number of amides is 1. The molecule has 0 saturated carbocycles. The van der Waals surface area contributed by atoms with Gasteiger partial charge < -0.3 is 5.32 Å². The second-order valence-electron chi connectivity index (χ2n) is 8.00. The fourth-order valence-corrected chi connectivity index (χ4v) is 6.54. The Balaban J connectivity index is 2.00. The van der Waals surface area contributed by atoms with Crippen LogP contribution in [0.4, 0.5) is 5.69 Å². The molecule has 9 heteroatoms. The number of aryl methyl sites for hydroxylation is 3. The topological polar surface area (TPSA) is 66.5 Å². The zero-order chi connectivity index (χ0) is 25.0.